The van der Waals surface area contributed by atoms with E-state index >= 15 is 0 Å². The highest BCUT2D eigenvalue weighted by Gasteiger charge is 2.40. The van der Waals surface area contributed by atoms with Crippen LogP contribution in [0.1, 0.15) is 44.9 Å². The quantitative estimate of drug-likeness (QED) is 0.735. The molecule has 4 unspecified atom stereocenters. The molecule has 16 heavy (non-hydrogen) atoms. The van der Waals surface area contributed by atoms with Gasteiger partial charge in [-0.25, -0.2) is 0 Å². The van der Waals surface area contributed by atoms with Crippen molar-refractivity contribution in [3.05, 3.63) is 0 Å². The molecule has 1 saturated heterocycles. The number of ether oxygens (including phenoxy) is 1. The lowest BCUT2D eigenvalue weighted by atomic mass is 9.90. The van der Waals surface area contributed by atoms with Crippen molar-refractivity contribution in [3.63, 3.8) is 0 Å². The van der Waals surface area contributed by atoms with E-state index in [0.29, 0.717) is 18.2 Å². The zero-order valence-corrected chi connectivity index (χ0v) is 9.98. The summed E-state index contributed by atoms with van der Waals surface area (Å²) in [5, 5.41) is 9.79. The number of aliphatic hydroxyl groups is 1. The second-order valence-corrected chi connectivity index (χ2v) is 5.62. The fourth-order valence-corrected chi connectivity index (χ4v) is 3.85. The minimum absolute atomic E-state index is 0.0542. The van der Waals surface area contributed by atoms with Gasteiger partial charge in [0.05, 0.1) is 18.8 Å². The van der Waals surface area contributed by atoms with Crippen LogP contribution in [0.4, 0.5) is 0 Å². The van der Waals surface area contributed by atoms with E-state index in [9.17, 15) is 5.11 Å². The van der Waals surface area contributed by atoms with Crippen LogP contribution in [0, 0.1) is 0 Å². The Labute approximate surface area is 97.8 Å². The van der Waals surface area contributed by atoms with Crippen molar-refractivity contribution in [1.29, 1.82) is 0 Å². The summed E-state index contributed by atoms with van der Waals surface area (Å²) in [6.07, 6.45) is 8.78. The van der Waals surface area contributed by atoms with Gasteiger partial charge in [-0.05, 0) is 44.9 Å². The summed E-state index contributed by atoms with van der Waals surface area (Å²) in [7, 11) is 0. The minimum atomic E-state index is -0.0542. The van der Waals surface area contributed by atoms with E-state index in [4.69, 9.17) is 4.74 Å². The van der Waals surface area contributed by atoms with Gasteiger partial charge in [-0.2, -0.15) is 0 Å². The summed E-state index contributed by atoms with van der Waals surface area (Å²) in [6.45, 7) is 1.98. The van der Waals surface area contributed by atoms with Gasteiger partial charge in [0.25, 0.3) is 0 Å². The van der Waals surface area contributed by atoms with Gasteiger partial charge in [0.15, 0.2) is 0 Å². The Kier molecular flexibility index (Phi) is 3.18. The Morgan fingerprint density at radius 3 is 2.81 bits per heavy atom. The van der Waals surface area contributed by atoms with Crippen molar-refractivity contribution in [2.75, 3.05) is 13.2 Å². The molecule has 4 atom stereocenters. The number of nitrogens with zero attached hydrogens (tertiary/aromatic N) is 1. The van der Waals surface area contributed by atoms with Gasteiger partial charge < -0.3 is 9.84 Å². The van der Waals surface area contributed by atoms with E-state index in [1.807, 2.05) is 0 Å². The van der Waals surface area contributed by atoms with E-state index in [2.05, 4.69) is 4.90 Å². The third-order valence-corrected chi connectivity index (χ3v) is 4.61. The van der Waals surface area contributed by atoms with Crippen molar-refractivity contribution in [3.8, 4) is 0 Å². The maximum Gasteiger partial charge on any atom is 0.0731 e. The van der Waals surface area contributed by atoms with Crippen LogP contribution < -0.4 is 0 Å². The van der Waals surface area contributed by atoms with Crippen LogP contribution in [0.3, 0.4) is 0 Å². The second kappa shape index (κ2) is 4.63. The first-order valence-corrected chi connectivity index (χ1v) is 6.90. The van der Waals surface area contributed by atoms with Crippen LogP contribution in [-0.4, -0.2) is 47.4 Å². The van der Waals surface area contributed by atoms with Crippen LogP contribution in [0.15, 0.2) is 0 Å². The smallest absolute Gasteiger partial charge is 0.0731 e. The average molecular weight is 225 g/mol. The summed E-state index contributed by atoms with van der Waals surface area (Å²) >= 11 is 0. The number of hydrogen-bond acceptors (Lipinski definition) is 3. The molecule has 0 amide bonds. The Hall–Kier alpha value is -0.120. The van der Waals surface area contributed by atoms with E-state index in [-0.39, 0.29) is 6.10 Å². The molecule has 2 aliphatic carbocycles. The van der Waals surface area contributed by atoms with Gasteiger partial charge >= 0.3 is 0 Å². The van der Waals surface area contributed by atoms with Crippen LogP contribution in [0.2, 0.25) is 0 Å². The van der Waals surface area contributed by atoms with Gasteiger partial charge in [-0.15, -0.1) is 0 Å². The lowest BCUT2D eigenvalue weighted by Gasteiger charge is -2.44. The van der Waals surface area contributed by atoms with E-state index in [0.717, 1.165) is 26.0 Å². The van der Waals surface area contributed by atoms with E-state index in [1.165, 1.54) is 32.1 Å². The summed E-state index contributed by atoms with van der Waals surface area (Å²) < 4.78 is 5.85. The molecule has 3 nitrogen and oxygen atoms in total. The van der Waals surface area contributed by atoms with Crippen LogP contribution in [-0.2, 0) is 4.74 Å². The third kappa shape index (κ3) is 2.01. The molecule has 3 heteroatoms. The van der Waals surface area contributed by atoms with Gasteiger partial charge in [-0.3, -0.25) is 4.90 Å². The van der Waals surface area contributed by atoms with Crippen LogP contribution in [0.5, 0.6) is 0 Å². The summed E-state index contributed by atoms with van der Waals surface area (Å²) in [6, 6.07) is 1.28. The molecule has 1 aliphatic heterocycles. The maximum absolute atomic E-state index is 9.79. The molecule has 1 N–H and O–H groups in total. The zero-order chi connectivity index (χ0) is 11.0. The van der Waals surface area contributed by atoms with Gasteiger partial charge in [0.1, 0.15) is 0 Å². The molecule has 92 valence electrons. The summed E-state index contributed by atoms with van der Waals surface area (Å²) in [4.78, 5) is 2.66. The van der Waals surface area contributed by atoms with Crippen molar-refractivity contribution >= 4 is 0 Å². The van der Waals surface area contributed by atoms with Gasteiger partial charge in [0, 0.05) is 18.6 Å². The fourth-order valence-electron chi connectivity index (χ4n) is 3.85. The lowest BCUT2D eigenvalue weighted by molar-refractivity contribution is -0.0838. The topological polar surface area (TPSA) is 32.7 Å². The molecule has 0 aromatic carbocycles. The molecule has 0 spiro atoms. The normalized spacial score (nSPS) is 45.6. The van der Waals surface area contributed by atoms with Crippen molar-refractivity contribution in [2.24, 2.45) is 0 Å². The third-order valence-electron chi connectivity index (χ3n) is 4.61. The SMILES string of the molecule is OC1CCCC(N2CCOC3CCCC32)C1. The Bertz CT molecular complexity index is 246. The van der Waals surface area contributed by atoms with Crippen LogP contribution in [0.25, 0.3) is 0 Å². The van der Waals surface area contributed by atoms with Crippen molar-refractivity contribution in [2.45, 2.75) is 69.2 Å². The second-order valence-electron chi connectivity index (χ2n) is 5.62. The molecule has 0 bridgehead atoms. The number of rotatable bonds is 1. The molecular weight excluding hydrogens is 202 g/mol. The molecule has 3 rings (SSSR count). The molecule has 0 aromatic heterocycles. The first-order chi connectivity index (χ1) is 7.84. The monoisotopic (exact) mass is 225 g/mol. The minimum Gasteiger partial charge on any atom is -0.393 e. The summed E-state index contributed by atoms with van der Waals surface area (Å²) in [5.74, 6) is 0. The molecule has 3 aliphatic rings. The molecule has 0 radical (unpaired) electrons. The predicted octanol–water partition coefficient (Wildman–Crippen LogP) is 1.54. The number of hydrogen-bond donors (Lipinski definition) is 1. The first kappa shape index (κ1) is 11.0. The zero-order valence-electron chi connectivity index (χ0n) is 9.98. The highest BCUT2D eigenvalue weighted by atomic mass is 16.5. The number of morpholine rings is 1. The van der Waals surface area contributed by atoms with Crippen molar-refractivity contribution < 1.29 is 9.84 Å². The maximum atomic E-state index is 9.79. The Balaban J connectivity index is 1.67. The van der Waals surface area contributed by atoms with E-state index < -0.39 is 0 Å². The van der Waals surface area contributed by atoms with Gasteiger partial charge in [0.2, 0.25) is 0 Å². The van der Waals surface area contributed by atoms with Gasteiger partial charge in [-0.1, -0.05) is 0 Å². The Morgan fingerprint density at radius 2 is 1.94 bits per heavy atom. The molecule has 1 heterocycles. The summed E-state index contributed by atoms with van der Waals surface area (Å²) in [5.41, 5.74) is 0. The fraction of sp³-hybridized carbons (Fsp3) is 1.00. The first-order valence-electron chi connectivity index (χ1n) is 6.90. The molecular formula is C13H23NO2. The number of aliphatic hydroxyl groups excluding tert-OH is 1. The predicted molar refractivity (Wildman–Crippen MR) is 62.3 cm³/mol. The molecule has 0 aromatic rings. The van der Waals surface area contributed by atoms with Crippen molar-refractivity contribution in [1.82, 2.24) is 4.90 Å². The Morgan fingerprint density at radius 1 is 1.06 bits per heavy atom. The van der Waals surface area contributed by atoms with Crippen LogP contribution >= 0.6 is 0 Å². The lowest BCUT2D eigenvalue weighted by Crippen LogP contribution is -2.54. The highest BCUT2D eigenvalue weighted by Crippen LogP contribution is 2.34. The molecule has 2 saturated carbocycles. The number of fused-ring (bicyclic) bond motifs is 1. The largest absolute Gasteiger partial charge is 0.393 e. The standard InChI is InChI=1S/C13H23NO2/c15-11-4-1-3-10(9-11)14-7-8-16-13-6-2-5-12(13)14/h10-13,15H,1-9H2. The van der Waals surface area contributed by atoms with E-state index in [1.54, 1.807) is 0 Å². The highest BCUT2D eigenvalue weighted by molar-refractivity contribution is 4.93. The molecule has 3 fully saturated rings. The average Bonchev–Trinajstić information content (AvgIpc) is 2.76.